The zero-order chi connectivity index (χ0) is 46.9. The maximum absolute atomic E-state index is 14.9. The van der Waals surface area contributed by atoms with Crippen molar-refractivity contribution in [3.63, 3.8) is 0 Å². The summed E-state index contributed by atoms with van der Waals surface area (Å²) in [5.74, 6) is 3.47. The number of amides is 4. The number of halogens is 3. The fourth-order valence-corrected chi connectivity index (χ4v) is 8.49. The third-order valence-electron chi connectivity index (χ3n) is 11.7. The summed E-state index contributed by atoms with van der Waals surface area (Å²) in [6.07, 6.45) is 8.92. The van der Waals surface area contributed by atoms with Crippen molar-refractivity contribution >= 4 is 70.2 Å². The normalized spacial score (nSPS) is 15.7. The van der Waals surface area contributed by atoms with Gasteiger partial charge in [-0.1, -0.05) is 55.1 Å². The van der Waals surface area contributed by atoms with E-state index in [2.05, 4.69) is 41.3 Å². The first-order valence-corrected chi connectivity index (χ1v) is 22.5. The van der Waals surface area contributed by atoms with Crippen LogP contribution in [-0.4, -0.2) is 81.8 Å². The number of anilines is 3. The average Bonchev–Trinajstić information content (AvgIpc) is 3.55. The summed E-state index contributed by atoms with van der Waals surface area (Å²) in [6.45, 7) is 2.44. The summed E-state index contributed by atoms with van der Waals surface area (Å²) in [5.41, 5.74) is 6.08. The Bertz CT molecular complexity index is 2780. The van der Waals surface area contributed by atoms with E-state index in [1.807, 2.05) is 24.3 Å². The molecule has 1 aromatic heterocycles. The summed E-state index contributed by atoms with van der Waals surface area (Å²) < 4.78 is 29.9. The van der Waals surface area contributed by atoms with Crippen LogP contribution in [0.3, 0.4) is 0 Å². The summed E-state index contributed by atoms with van der Waals surface area (Å²) in [6, 6.07) is 20.7. The Morgan fingerprint density at radius 1 is 0.896 bits per heavy atom. The van der Waals surface area contributed by atoms with Crippen molar-refractivity contribution in [1.29, 1.82) is 0 Å². The van der Waals surface area contributed by atoms with Gasteiger partial charge in [-0.25, -0.2) is 18.7 Å². The molecule has 1 saturated heterocycles. The molecule has 15 nitrogen and oxygen atoms in total. The van der Waals surface area contributed by atoms with Crippen molar-refractivity contribution in [2.45, 2.75) is 70.5 Å². The lowest BCUT2D eigenvalue weighted by Gasteiger charge is -2.29. The van der Waals surface area contributed by atoms with Gasteiger partial charge < -0.3 is 26.7 Å². The minimum absolute atomic E-state index is 0.0891. The first kappa shape index (κ1) is 46.3. The molecule has 4 heterocycles. The lowest BCUT2D eigenvalue weighted by atomic mass is 9.95. The Balaban J connectivity index is 0.722. The number of nitrogens with one attached hydrogen (secondary N) is 4. The molecule has 0 aliphatic carbocycles. The van der Waals surface area contributed by atoms with Gasteiger partial charge in [-0.3, -0.25) is 34.5 Å². The van der Waals surface area contributed by atoms with Gasteiger partial charge in [-0.05, 0) is 86.0 Å². The van der Waals surface area contributed by atoms with Crippen molar-refractivity contribution in [2.24, 2.45) is 20.9 Å². The highest BCUT2D eigenvalue weighted by Crippen LogP contribution is 2.35. The van der Waals surface area contributed by atoms with Gasteiger partial charge in [0, 0.05) is 82.6 Å². The molecule has 0 spiro atoms. The van der Waals surface area contributed by atoms with Crippen LogP contribution in [0.2, 0.25) is 5.02 Å². The summed E-state index contributed by atoms with van der Waals surface area (Å²) >= 11 is 6.36. The van der Waals surface area contributed by atoms with Crippen LogP contribution < -0.4 is 27.1 Å². The zero-order valence-corrected chi connectivity index (χ0v) is 37.2. The molecular weight excluding hydrogens is 880 g/mol. The van der Waals surface area contributed by atoms with E-state index in [-0.39, 0.29) is 48.5 Å². The first-order chi connectivity index (χ1) is 32.6. The molecule has 67 heavy (non-hydrogen) atoms. The number of nitrogens with zero attached hydrogens (tertiary/aromatic N) is 6. The second kappa shape index (κ2) is 21.4. The smallest absolute Gasteiger partial charge is 0.255 e. The quantitative estimate of drug-likeness (QED) is 0.0197. The van der Waals surface area contributed by atoms with Crippen LogP contribution >= 0.6 is 11.6 Å². The summed E-state index contributed by atoms with van der Waals surface area (Å²) in [7, 11) is 0. The standard InChI is InChI=1S/C49H48ClF2N11O4/c50-32-12-16-36-37(24-32)46(44-38(51)7-6-8-39(44)52)56-25-31-26-57-49(61-45(31)36)59-33-13-10-29(11-14-33)40(62-53)27-55-22-21-54-20-5-3-1-2-4-9-42(64)58-34-15-17-35-30(23-34)28-63(48(35)67)41-18-19-43(65)60-47(41)66/h6-8,10-17,23-24,26-27,41,54H,1-5,9,18-22,25,28,53H2,(H,58,64)(H,57,59,61)(H,60,65,66)/b55-27?,62-40+. The minimum Gasteiger partial charge on any atom is -0.326 e. The predicted octanol–water partition coefficient (Wildman–Crippen LogP) is 7.23. The number of benzene rings is 4. The molecular formula is C49H48ClF2N11O4. The molecule has 8 rings (SSSR count). The van der Waals surface area contributed by atoms with Gasteiger partial charge in [0.25, 0.3) is 5.91 Å². The molecule has 4 amide bonds. The highest BCUT2D eigenvalue weighted by atomic mass is 35.5. The molecule has 4 aromatic carbocycles. The van der Waals surface area contributed by atoms with Gasteiger partial charge in [0.2, 0.25) is 23.7 Å². The van der Waals surface area contributed by atoms with E-state index < -0.39 is 23.6 Å². The van der Waals surface area contributed by atoms with Gasteiger partial charge in [-0.2, -0.15) is 5.10 Å². The van der Waals surface area contributed by atoms with Crippen molar-refractivity contribution in [3.8, 4) is 11.3 Å². The molecule has 18 heteroatoms. The Kier molecular flexibility index (Phi) is 14.8. The Labute approximate surface area is 390 Å². The SMILES string of the molecule is N/N=C(\C=NCCNCCCCCCCC(=O)Nc1ccc2c(c1)CN(C1CCC(=O)NC1=O)C2=O)c1ccc(Nc2ncc3c(n2)-c2ccc(Cl)cc2C(c2c(F)cccc2F)=NC3)cc1. The monoisotopic (exact) mass is 927 g/mol. The topological polar surface area (TPSA) is 209 Å². The molecule has 1 atom stereocenters. The Hall–Kier alpha value is -7.24. The van der Waals surface area contributed by atoms with Crippen LogP contribution in [0, 0.1) is 11.6 Å². The zero-order valence-electron chi connectivity index (χ0n) is 36.5. The third-order valence-corrected chi connectivity index (χ3v) is 12.0. The van der Waals surface area contributed by atoms with E-state index in [1.165, 1.54) is 23.1 Å². The number of nitrogens with two attached hydrogens (primary N) is 1. The largest absolute Gasteiger partial charge is 0.326 e. The fraction of sp³-hybridized carbons (Fsp3) is 0.286. The van der Waals surface area contributed by atoms with Crippen molar-refractivity contribution in [2.75, 3.05) is 30.3 Å². The summed E-state index contributed by atoms with van der Waals surface area (Å²) in [5, 5.41) is 16.2. The number of aromatic nitrogens is 2. The second-order valence-corrected chi connectivity index (χ2v) is 16.8. The van der Waals surface area contributed by atoms with E-state index in [4.69, 9.17) is 22.4 Å². The van der Waals surface area contributed by atoms with Crippen LogP contribution in [0.15, 0.2) is 100 Å². The molecule has 1 unspecified atom stereocenters. The molecule has 1 fully saturated rings. The number of fused-ring (bicyclic) bond motifs is 4. The van der Waals surface area contributed by atoms with E-state index in [0.29, 0.717) is 81.9 Å². The maximum atomic E-state index is 14.9. The maximum Gasteiger partial charge on any atom is 0.255 e. The lowest BCUT2D eigenvalue weighted by molar-refractivity contribution is -0.137. The van der Waals surface area contributed by atoms with Gasteiger partial charge in [0.05, 0.1) is 30.1 Å². The van der Waals surface area contributed by atoms with E-state index in [9.17, 15) is 28.0 Å². The van der Waals surface area contributed by atoms with Crippen LogP contribution in [0.1, 0.15) is 89.5 Å². The van der Waals surface area contributed by atoms with Crippen LogP contribution in [0.4, 0.5) is 26.1 Å². The van der Waals surface area contributed by atoms with Gasteiger partial charge in [-0.15, -0.1) is 0 Å². The molecule has 6 N–H and O–H groups in total. The van der Waals surface area contributed by atoms with E-state index in [1.54, 1.807) is 48.8 Å². The van der Waals surface area contributed by atoms with Crippen molar-refractivity contribution in [3.05, 3.63) is 135 Å². The van der Waals surface area contributed by atoms with Crippen molar-refractivity contribution < 1.29 is 28.0 Å². The number of aliphatic imine (C=N–C) groups is 2. The number of imide groups is 1. The lowest BCUT2D eigenvalue weighted by Crippen LogP contribution is -2.52. The molecule has 344 valence electrons. The molecule has 0 bridgehead atoms. The minimum atomic E-state index is -0.727. The highest BCUT2D eigenvalue weighted by Gasteiger charge is 2.39. The fourth-order valence-electron chi connectivity index (χ4n) is 8.32. The van der Waals surface area contributed by atoms with Gasteiger partial charge in [0.1, 0.15) is 23.4 Å². The number of hydrazone groups is 1. The highest BCUT2D eigenvalue weighted by molar-refractivity contribution is 6.38. The van der Waals surface area contributed by atoms with E-state index >= 15 is 0 Å². The van der Waals surface area contributed by atoms with Gasteiger partial charge >= 0.3 is 0 Å². The number of hydrogen-bond acceptors (Lipinski definition) is 12. The number of carbonyl (C=O) groups excluding carboxylic acids is 4. The summed E-state index contributed by atoms with van der Waals surface area (Å²) in [4.78, 5) is 69.3. The predicted molar refractivity (Wildman–Crippen MR) is 254 cm³/mol. The molecule has 0 radical (unpaired) electrons. The molecule has 3 aliphatic rings. The van der Waals surface area contributed by atoms with Gasteiger partial charge in [0.15, 0.2) is 0 Å². The number of rotatable bonds is 18. The molecule has 0 saturated carbocycles. The third kappa shape index (κ3) is 11.1. The number of carbonyl (C=O) groups is 4. The van der Waals surface area contributed by atoms with Crippen LogP contribution in [0.5, 0.6) is 0 Å². The second-order valence-electron chi connectivity index (χ2n) is 16.4. The molecule has 5 aromatic rings. The number of unbranched alkanes of at least 4 members (excludes halogenated alkanes) is 4. The Morgan fingerprint density at radius 3 is 2.45 bits per heavy atom. The van der Waals surface area contributed by atoms with Crippen LogP contribution in [-0.2, 0) is 27.5 Å². The number of piperidine rings is 1. The average molecular weight is 928 g/mol. The van der Waals surface area contributed by atoms with Crippen LogP contribution in [0.25, 0.3) is 11.3 Å². The number of hydrogen-bond donors (Lipinski definition) is 5. The van der Waals surface area contributed by atoms with Crippen molar-refractivity contribution in [1.82, 2.24) is 25.5 Å². The first-order valence-electron chi connectivity index (χ1n) is 22.1. The molecule has 3 aliphatic heterocycles. The van der Waals surface area contributed by atoms with E-state index in [0.717, 1.165) is 49.8 Å². The Morgan fingerprint density at radius 2 is 1.66 bits per heavy atom.